The average Bonchev–Trinajstić information content (AvgIpc) is 2.99. The summed E-state index contributed by atoms with van der Waals surface area (Å²) >= 11 is 1.18. The molecule has 6 heteroatoms. The second kappa shape index (κ2) is 7.72. The number of hydrogen-bond donors (Lipinski definition) is 2. The third-order valence-corrected chi connectivity index (χ3v) is 4.84. The third-order valence-electron chi connectivity index (χ3n) is 3.72. The quantitative estimate of drug-likeness (QED) is 0.626. The largest absolute Gasteiger partial charge is 0.494 e. The van der Waals surface area contributed by atoms with E-state index in [1.54, 1.807) is 24.3 Å². The van der Waals surface area contributed by atoms with Gasteiger partial charge in [0.15, 0.2) is 0 Å². The second-order valence-corrected chi connectivity index (χ2v) is 6.46. The number of nitriles is 1. The van der Waals surface area contributed by atoms with Gasteiger partial charge in [-0.25, -0.2) is 0 Å². The summed E-state index contributed by atoms with van der Waals surface area (Å²) in [6, 6.07) is 18.3. The summed E-state index contributed by atoms with van der Waals surface area (Å²) in [6.07, 6.45) is 0. The van der Waals surface area contributed by atoms with Gasteiger partial charge in [0.25, 0.3) is 0 Å². The van der Waals surface area contributed by atoms with Crippen molar-refractivity contribution in [2.75, 3.05) is 17.7 Å². The zero-order chi connectivity index (χ0) is 18.5. The van der Waals surface area contributed by atoms with Crippen LogP contribution in [0.25, 0.3) is 0 Å². The SMILES string of the molecule is CCOc1ccc(Nc2sc(C(=O)c3ccccc3)c(N)c2C#N)cc1. The second-order valence-electron chi connectivity index (χ2n) is 5.44. The van der Waals surface area contributed by atoms with E-state index >= 15 is 0 Å². The third kappa shape index (κ3) is 3.53. The molecule has 5 nitrogen and oxygen atoms in total. The Kier molecular flexibility index (Phi) is 5.20. The minimum absolute atomic E-state index is 0.190. The van der Waals surface area contributed by atoms with Crippen molar-refractivity contribution in [2.24, 2.45) is 0 Å². The molecule has 3 rings (SSSR count). The molecule has 0 unspecified atom stereocenters. The lowest BCUT2D eigenvalue weighted by molar-refractivity contribution is 0.104. The van der Waals surface area contributed by atoms with Crippen LogP contribution < -0.4 is 15.8 Å². The maximum Gasteiger partial charge on any atom is 0.205 e. The van der Waals surface area contributed by atoms with E-state index in [-0.39, 0.29) is 17.0 Å². The lowest BCUT2D eigenvalue weighted by Crippen LogP contribution is -2.02. The molecule has 0 fully saturated rings. The molecular formula is C20H17N3O2S. The van der Waals surface area contributed by atoms with Gasteiger partial charge in [0.1, 0.15) is 27.3 Å². The molecule has 3 N–H and O–H groups in total. The van der Waals surface area contributed by atoms with Crippen molar-refractivity contribution in [1.29, 1.82) is 5.26 Å². The Hall–Kier alpha value is -3.30. The number of benzene rings is 2. The Morgan fingerprint density at radius 1 is 1.19 bits per heavy atom. The number of thiophene rings is 1. The van der Waals surface area contributed by atoms with Crippen LogP contribution in [-0.2, 0) is 0 Å². The molecule has 2 aromatic carbocycles. The molecule has 0 atom stereocenters. The van der Waals surface area contributed by atoms with E-state index < -0.39 is 0 Å². The maximum absolute atomic E-state index is 12.7. The summed E-state index contributed by atoms with van der Waals surface area (Å²) in [7, 11) is 0. The van der Waals surface area contributed by atoms with Gasteiger partial charge >= 0.3 is 0 Å². The summed E-state index contributed by atoms with van der Waals surface area (Å²) in [5.41, 5.74) is 7.89. The fraction of sp³-hybridized carbons (Fsp3) is 0.100. The van der Waals surface area contributed by atoms with Crippen molar-refractivity contribution in [2.45, 2.75) is 6.92 Å². The van der Waals surface area contributed by atoms with Crippen molar-refractivity contribution in [3.8, 4) is 11.8 Å². The van der Waals surface area contributed by atoms with Crippen LogP contribution in [0.4, 0.5) is 16.4 Å². The van der Waals surface area contributed by atoms with Gasteiger partial charge in [0, 0.05) is 11.3 Å². The number of nitrogen functional groups attached to an aromatic ring is 1. The first-order valence-electron chi connectivity index (χ1n) is 8.06. The van der Waals surface area contributed by atoms with Gasteiger partial charge in [0.05, 0.1) is 12.3 Å². The molecule has 26 heavy (non-hydrogen) atoms. The Morgan fingerprint density at radius 3 is 2.50 bits per heavy atom. The molecule has 0 aliphatic rings. The molecule has 1 heterocycles. The fourth-order valence-electron chi connectivity index (χ4n) is 2.46. The van der Waals surface area contributed by atoms with E-state index in [1.807, 2.05) is 37.3 Å². The number of carbonyl (C=O) groups is 1. The average molecular weight is 363 g/mol. The molecule has 0 bridgehead atoms. The van der Waals surface area contributed by atoms with Crippen LogP contribution in [0.5, 0.6) is 5.75 Å². The molecule has 0 aliphatic carbocycles. The van der Waals surface area contributed by atoms with E-state index in [9.17, 15) is 10.1 Å². The number of ketones is 1. The molecule has 1 aromatic heterocycles. The topological polar surface area (TPSA) is 88.1 Å². The van der Waals surface area contributed by atoms with Gasteiger partial charge < -0.3 is 15.8 Å². The highest BCUT2D eigenvalue weighted by atomic mass is 32.1. The Balaban J connectivity index is 1.91. The maximum atomic E-state index is 12.7. The Labute approximate surface area is 155 Å². The zero-order valence-electron chi connectivity index (χ0n) is 14.2. The van der Waals surface area contributed by atoms with Crippen molar-refractivity contribution in [3.05, 3.63) is 70.6 Å². The predicted octanol–water partition coefficient (Wildman–Crippen LogP) is 4.58. The standard InChI is InChI=1S/C20H17N3O2S/c1-2-25-15-10-8-14(9-11-15)23-20-16(12-21)17(22)19(26-20)18(24)13-6-4-3-5-7-13/h3-11,23H,2,22H2,1H3. The molecular weight excluding hydrogens is 346 g/mol. The van der Waals surface area contributed by atoms with E-state index in [4.69, 9.17) is 10.5 Å². The van der Waals surface area contributed by atoms with Crippen molar-refractivity contribution in [3.63, 3.8) is 0 Å². The number of hydrogen-bond acceptors (Lipinski definition) is 6. The van der Waals surface area contributed by atoms with Crippen molar-refractivity contribution < 1.29 is 9.53 Å². The molecule has 0 saturated carbocycles. The van der Waals surface area contributed by atoms with Crippen molar-refractivity contribution >= 4 is 33.5 Å². The Bertz CT molecular complexity index is 957. The van der Waals surface area contributed by atoms with Crippen LogP contribution in [0.15, 0.2) is 54.6 Å². The number of carbonyl (C=O) groups excluding carboxylic acids is 1. The molecule has 0 aliphatic heterocycles. The molecule has 0 radical (unpaired) electrons. The predicted molar refractivity (Wildman–Crippen MR) is 104 cm³/mol. The van der Waals surface area contributed by atoms with Crippen LogP contribution in [0.3, 0.4) is 0 Å². The lowest BCUT2D eigenvalue weighted by atomic mass is 10.1. The summed E-state index contributed by atoms with van der Waals surface area (Å²) in [5, 5.41) is 13.2. The van der Waals surface area contributed by atoms with Gasteiger partial charge in [-0.05, 0) is 31.2 Å². The number of ether oxygens (including phenoxy) is 1. The summed E-state index contributed by atoms with van der Waals surface area (Å²) in [6.45, 7) is 2.52. The highest BCUT2D eigenvalue weighted by molar-refractivity contribution is 7.19. The van der Waals surface area contributed by atoms with Gasteiger partial charge in [-0.2, -0.15) is 5.26 Å². The first-order chi connectivity index (χ1) is 12.6. The molecule has 3 aromatic rings. The molecule has 0 spiro atoms. The Morgan fingerprint density at radius 2 is 1.88 bits per heavy atom. The van der Waals surface area contributed by atoms with Gasteiger partial charge in [0.2, 0.25) is 5.78 Å². The normalized spacial score (nSPS) is 10.2. The summed E-state index contributed by atoms with van der Waals surface area (Å²) in [5.74, 6) is 0.577. The van der Waals surface area contributed by atoms with Gasteiger partial charge in [-0.1, -0.05) is 30.3 Å². The number of nitrogens with zero attached hydrogens (tertiary/aromatic N) is 1. The smallest absolute Gasteiger partial charge is 0.205 e. The van der Waals surface area contributed by atoms with Crippen molar-refractivity contribution in [1.82, 2.24) is 0 Å². The van der Waals surface area contributed by atoms with Gasteiger partial charge in [-0.15, -0.1) is 11.3 Å². The molecule has 0 saturated heterocycles. The number of rotatable bonds is 6. The van der Waals surface area contributed by atoms with Crippen LogP contribution >= 0.6 is 11.3 Å². The monoisotopic (exact) mass is 363 g/mol. The fourth-order valence-corrected chi connectivity index (χ4v) is 3.52. The molecule has 130 valence electrons. The van der Waals surface area contributed by atoms with E-state index in [2.05, 4.69) is 11.4 Å². The van der Waals surface area contributed by atoms with E-state index in [0.29, 0.717) is 22.0 Å². The molecule has 0 amide bonds. The minimum Gasteiger partial charge on any atom is -0.494 e. The van der Waals surface area contributed by atoms with Crippen LogP contribution in [0.2, 0.25) is 0 Å². The highest BCUT2D eigenvalue weighted by Gasteiger charge is 2.22. The number of nitrogens with one attached hydrogen (secondary N) is 1. The highest BCUT2D eigenvalue weighted by Crippen LogP contribution is 2.38. The van der Waals surface area contributed by atoms with E-state index in [0.717, 1.165) is 11.4 Å². The number of anilines is 3. The first kappa shape index (κ1) is 17.5. The summed E-state index contributed by atoms with van der Waals surface area (Å²) < 4.78 is 5.42. The van der Waals surface area contributed by atoms with Crippen LogP contribution in [0, 0.1) is 11.3 Å². The van der Waals surface area contributed by atoms with E-state index in [1.165, 1.54) is 11.3 Å². The first-order valence-corrected chi connectivity index (χ1v) is 8.87. The number of nitrogens with two attached hydrogens (primary N) is 1. The zero-order valence-corrected chi connectivity index (χ0v) is 15.0. The lowest BCUT2D eigenvalue weighted by Gasteiger charge is -2.06. The van der Waals surface area contributed by atoms with Gasteiger partial charge in [-0.3, -0.25) is 4.79 Å². The summed E-state index contributed by atoms with van der Waals surface area (Å²) in [4.78, 5) is 13.1. The van der Waals surface area contributed by atoms with Crippen LogP contribution in [0.1, 0.15) is 27.7 Å². The van der Waals surface area contributed by atoms with Crippen LogP contribution in [-0.4, -0.2) is 12.4 Å². The minimum atomic E-state index is -0.190.